The Morgan fingerprint density at radius 3 is 1.95 bits per heavy atom. The van der Waals surface area contributed by atoms with Crippen LogP contribution in [-0.4, -0.2) is 71.6 Å². The first-order valence-electron chi connectivity index (χ1n) is 8.30. The summed E-state index contributed by atoms with van der Waals surface area (Å²) in [6, 6.07) is 0.764. The summed E-state index contributed by atoms with van der Waals surface area (Å²) in [5.74, 6) is 0.902. The standard InChI is InChI=1S/C17H35N3/c1-14-10-20(11-14)17(5,6)8-9-18(7)15-12-19(13-15)16(2,3)4/h14-15H,8-13H2,1-7H3. The summed E-state index contributed by atoms with van der Waals surface area (Å²) in [6.45, 7) is 20.4. The highest BCUT2D eigenvalue weighted by molar-refractivity contribution is 4.95. The van der Waals surface area contributed by atoms with E-state index in [1.54, 1.807) is 0 Å². The second kappa shape index (κ2) is 5.58. The van der Waals surface area contributed by atoms with Crippen molar-refractivity contribution in [3.05, 3.63) is 0 Å². The Morgan fingerprint density at radius 2 is 1.50 bits per heavy atom. The van der Waals surface area contributed by atoms with Gasteiger partial charge in [-0.05, 0) is 60.5 Å². The van der Waals surface area contributed by atoms with Crippen molar-refractivity contribution in [3.63, 3.8) is 0 Å². The minimum atomic E-state index is 0.338. The van der Waals surface area contributed by atoms with E-state index >= 15 is 0 Å². The molecular weight excluding hydrogens is 246 g/mol. The molecule has 0 radical (unpaired) electrons. The van der Waals surface area contributed by atoms with Crippen LogP contribution in [0.1, 0.15) is 48.0 Å². The largest absolute Gasteiger partial charge is 0.301 e. The van der Waals surface area contributed by atoms with Gasteiger partial charge in [-0.15, -0.1) is 0 Å². The molecule has 0 saturated carbocycles. The highest BCUT2D eigenvalue weighted by Crippen LogP contribution is 2.29. The summed E-state index contributed by atoms with van der Waals surface area (Å²) in [6.07, 6.45) is 1.28. The van der Waals surface area contributed by atoms with Gasteiger partial charge in [0.15, 0.2) is 0 Å². The average molecular weight is 281 g/mol. The Balaban J connectivity index is 1.70. The summed E-state index contributed by atoms with van der Waals surface area (Å²) in [7, 11) is 2.31. The number of nitrogens with zero attached hydrogens (tertiary/aromatic N) is 3. The minimum absolute atomic E-state index is 0.338. The van der Waals surface area contributed by atoms with Crippen molar-refractivity contribution in [3.8, 4) is 0 Å². The van der Waals surface area contributed by atoms with Gasteiger partial charge in [-0.3, -0.25) is 9.80 Å². The number of rotatable bonds is 5. The molecule has 0 spiro atoms. The second-order valence-electron chi connectivity index (χ2n) is 8.78. The lowest BCUT2D eigenvalue weighted by molar-refractivity contribution is -0.0286. The van der Waals surface area contributed by atoms with E-state index in [9.17, 15) is 0 Å². The molecule has 0 aromatic carbocycles. The Bertz CT molecular complexity index is 320. The molecule has 0 amide bonds. The van der Waals surface area contributed by atoms with Crippen LogP contribution in [-0.2, 0) is 0 Å². The van der Waals surface area contributed by atoms with E-state index in [0.29, 0.717) is 11.1 Å². The van der Waals surface area contributed by atoms with E-state index in [1.165, 1.54) is 39.1 Å². The number of likely N-dealkylation sites (tertiary alicyclic amines) is 2. The highest BCUT2D eigenvalue weighted by Gasteiger charge is 2.38. The quantitative estimate of drug-likeness (QED) is 0.767. The molecule has 3 nitrogen and oxygen atoms in total. The molecule has 0 N–H and O–H groups in total. The molecule has 2 heterocycles. The molecule has 0 aliphatic carbocycles. The summed E-state index contributed by atoms with van der Waals surface area (Å²) >= 11 is 0. The van der Waals surface area contributed by atoms with Gasteiger partial charge < -0.3 is 4.90 Å². The Labute approximate surface area is 126 Å². The predicted molar refractivity (Wildman–Crippen MR) is 87.2 cm³/mol. The Hall–Kier alpha value is -0.120. The van der Waals surface area contributed by atoms with E-state index in [0.717, 1.165) is 12.0 Å². The van der Waals surface area contributed by atoms with Crippen molar-refractivity contribution in [2.45, 2.75) is 65.1 Å². The van der Waals surface area contributed by atoms with Crippen LogP contribution >= 0.6 is 0 Å². The average Bonchev–Trinajstić information content (AvgIpc) is 2.18. The van der Waals surface area contributed by atoms with Gasteiger partial charge in [-0.2, -0.15) is 0 Å². The molecule has 0 bridgehead atoms. The van der Waals surface area contributed by atoms with Crippen LogP contribution in [0.4, 0.5) is 0 Å². The van der Waals surface area contributed by atoms with Crippen LogP contribution in [0.15, 0.2) is 0 Å². The molecule has 0 atom stereocenters. The third-order valence-corrected chi connectivity index (χ3v) is 5.43. The summed E-state index contributed by atoms with van der Waals surface area (Å²) in [5.41, 5.74) is 0.707. The van der Waals surface area contributed by atoms with Crippen molar-refractivity contribution in [1.29, 1.82) is 0 Å². The third-order valence-electron chi connectivity index (χ3n) is 5.43. The van der Waals surface area contributed by atoms with Crippen LogP contribution in [0, 0.1) is 5.92 Å². The summed E-state index contributed by atoms with van der Waals surface area (Å²) in [5, 5.41) is 0. The molecule has 3 heteroatoms. The van der Waals surface area contributed by atoms with Gasteiger partial charge >= 0.3 is 0 Å². The van der Waals surface area contributed by atoms with Gasteiger partial charge in [0.25, 0.3) is 0 Å². The lowest BCUT2D eigenvalue weighted by Crippen LogP contribution is -2.64. The summed E-state index contributed by atoms with van der Waals surface area (Å²) in [4.78, 5) is 7.80. The Morgan fingerprint density at radius 1 is 0.950 bits per heavy atom. The van der Waals surface area contributed by atoms with E-state index in [2.05, 4.69) is 63.3 Å². The molecular formula is C17H35N3. The lowest BCUT2D eigenvalue weighted by Gasteiger charge is -2.52. The van der Waals surface area contributed by atoms with E-state index < -0.39 is 0 Å². The SMILES string of the molecule is CC1CN(C(C)(C)CCN(C)C2CN(C(C)(C)C)C2)C1. The first-order valence-corrected chi connectivity index (χ1v) is 8.30. The van der Waals surface area contributed by atoms with Gasteiger partial charge in [0.1, 0.15) is 0 Å². The van der Waals surface area contributed by atoms with E-state index in [-0.39, 0.29) is 0 Å². The number of likely N-dealkylation sites (N-methyl/N-ethyl adjacent to an activating group) is 1. The second-order valence-corrected chi connectivity index (χ2v) is 8.78. The first kappa shape index (κ1) is 16.3. The molecule has 2 fully saturated rings. The van der Waals surface area contributed by atoms with Crippen LogP contribution in [0.3, 0.4) is 0 Å². The van der Waals surface area contributed by atoms with Gasteiger partial charge in [0, 0.05) is 43.3 Å². The molecule has 2 saturated heterocycles. The zero-order chi connectivity index (χ0) is 15.1. The fourth-order valence-corrected chi connectivity index (χ4v) is 3.27. The van der Waals surface area contributed by atoms with Crippen molar-refractivity contribution in [1.82, 2.24) is 14.7 Å². The van der Waals surface area contributed by atoms with Crippen LogP contribution < -0.4 is 0 Å². The fraction of sp³-hybridized carbons (Fsp3) is 1.00. The molecule has 20 heavy (non-hydrogen) atoms. The monoisotopic (exact) mass is 281 g/mol. The molecule has 0 unspecified atom stereocenters. The molecule has 2 aliphatic rings. The third kappa shape index (κ3) is 3.55. The van der Waals surface area contributed by atoms with Crippen molar-refractivity contribution >= 4 is 0 Å². The minimum Gasteiger partial charge on any atom is -0.301 e. The molecule has 2 aliphatic heterocycles. The van der Waals surface area contributed by atoms with Gasteiger partial charge in [-0.1, -0.05) is 6.92 Å². The molecule has 0 aromatic heterocycles. The topological polar surface area (TPSA) is 9.72 Å². The Kier molecular flexibility index (Phi) is 4.54. The maximum Gasteiger partial charge on any atom is 0.0347 e. The van der Waals surface area contributed by atoms with Crippen molar-refractivity contribution in [2.75, 3.05) is 39.8 Å². The van der Waals surface area contributed by atoms with Gasteiger partial charge in [0.2, 0.25) is 0 Å². The molecule has 118 valence electrons. The zero-order valence-corrected chi connectivity index (χ0v) is 14.7. The predicted octanol–water partition coefficient (Wildman–Crippen LogP) is 2.52. The normalized spacial score (nSPS) is 24.0. The number of hydrogen-bond donors (Lipinski definition) is 0. The van der Waals surface area contributed by atoms with Crippen LogP contribution in [0.5, 0.6) is 0 Å². The fourth-order valence-electron chi connectivity index (χ4n) is 3.27. The van der Waals surface area contributed by atoms with Crippen molar-refractivity contribution in [2.24, 2.45) is 5.92 Å². The van der Waals surface area contributed by atoms with Crippen LogP contribution in [0.2, 0.25) is 0 Å². The molecule has 0 aromatic rings. The smallest absolute Gasteiger partial charge is 0.0347 e. The highest BCUT2D eigenvalue weighted by atomic mass is 15.3. The summed E-state index contributed by atoms with van der Waals surface area (Å²) < 4.78 is 0. The molecule has 2 rings (SSSR count). The maximum atomic E-state index is 2.65. The van der Waals surface area contributed by atoms with E-state index in [4.69, 9.17) is 0 Å². The van der Waals surface area contributed by atoms with Gasteiger partial charge in [-0.25, -0.2) is 0 Å². The number of hydrogen-bond acceptors (Lipinski definition) is 3. The first-order chi connectivity index (χ1) is 9.09. The van der Waals surface area contributed by atoms with Gasteiger partial charge in [0.05, 0.1) is 0 Å². The van der Waals surface area contributed by atoms with E-state index in [1.807, 2.05) is 0 Å². The maximum absolute atomic E-state index is 2.65. The van der Waals surface area contributed by atoms with Crippen molar-refractivity contribution < 1.29 is 0 Å². The lowest BCUT2D eigenvalue weighted by atomic mass is 9.89. The van der Waals surface area contributed by atoms with Crippen LogP contribution in [0.25, 0.3) is 0 Å². The zero-order valence-electron chi connectivity index (χ0n) is 14.7.